The molecule has 4 heteroatoms. The number of rotatable bonds is 7. The number of aromatic nitrogens is 1. The van der Waals surface area contributed by atoms with Gasteiger partial charge < -0.3 is 5.11 Å². The Morgan fingerprint density at radius 2 is 2.28 bits per heavy atom. The maximum Gasteiger partial charge on any atom is 0.337 e. The minimum absolute atomic E-state index is 0.255. The van der Waals surface area contributed by atoms with E-state index >= 15 is 0 Å². The van der Waals surface area contributed by atoms with Crippen LogP contribution in [0.5, 0.6) is 0 Å². The first-order chi connectivity index (χ1) is 8.70. The fourth-order valence-corrected chi connectivity index (χ4v) is 2.04. The number of nitrogens with zero attached hydrogens (tertiary/aromatic N) is 2. The summed E-state index contributed by atoms with van der Waals surface area (Å²) in [5.74, 6) is -0.918. The van der Waals surface area contributed by atoms with Crippen LogP contribution in [0.15, 0.2) is 18.3 Å². The van der Waals surface area contributed by atoms with E-state index in [0.717, 1.165) is 24.8 Å². The van der Waals surface area contributed by atoms with Gasteiger partial charge in [-0.3, -0.25) is 9.88 Å². The summed E-state index contributed by atoms with van der Waals surface area (Å²) in [6, 6.07) is 4.18. The van der Waals surface area contributed by atoms with Crippen molar-refractivity contribution in [1.82, 2.24) is 9.88 Å². The van der Waals surface area contributed by atoms with Crippen LogP contribution in [0.25, 0.3) is 0 Å². The average Bonchev–Trinajstić information content (AvgIpc) is 3.19. The minimum Gasteiger partial charge on any atom is -0.478 e. The number of pyridine rings is 1. The predicted molar refractivity (Wildman–Crippen MR) is 69.5 cm³/mol. The summed E-state index contributed by atoms with van der Waals surface area (Å²) >= 11 is 0. The topological polar surface area (TPSA) is 53.4 Å². The second kappa shape index (κ2) is 5.96. The molecule has 4 nitrogen and oxygen atoms in total. The van der Waals surface area contributed by atoms with Crippen molar-refractivity contribution < 1.29 is 9.90 Å². The van der Waals surface area contributed by atoms with E-state index in [2.05, 4.69) is 16.8 Å². The van der Waals surface area contributed by atoms with Crippen LogP contribution < -0.4 is 0 Å². The number of unbranched alkanes of at least 4 members (excludes halogenated alkanes) is 1. The van der Waals surface area contributed by atoms with Gasteiger partial charge in [0.05, 0.1) is 11.3 Å². The van der Waals surface area contributed by atoms with E-state index in [9.17, 15) is 4.79 Å². The van der Waals surface area contributed by atoms with Gasteiger partial charge in [-0.2, -0.15) is 0 Å². The van der Waals surface area contributed by atoms with Crippen LogP contribution in [0.1, 0.15) is 48.7 Å². The monoisotopic (exact) mass is 248 g/mol. The Hall–Kier alpha value is -1.42. The fraction of sp³-hybridized carbons (Fsp3) is 0.571. The zero-order chi connectivity index (χ0) is 13.0. The van der Waals surface area contributed by atoms with E-state index in [1.54, 1.807) is 6.07 Å². The molecule has 0 amide bonds. The molecule has 18 heavy (non-hydrogen) atoms. The molecule has 0 unspecified atom stereocenters. The molecule has 0 radical (unpaired) electrons. The quantitative estimate of drug-likeness (QED) is 0.805. The number of hydrogen-bond donors (Lipinski definition) is 1. The first-order valence-corrected chi connectivity index (χ1v) is 6.63. The lowest BCUT2D eigenvalue weighted by Crippen LogP contribution is -2.27. The van der Waals surface area contributed by atoms with E-state index < -0.39 is 5.97 Å². The zero-order valence-corrected chi connectivity index (χ0v) is 10.8. The van der Waals surface area contributed by atoms with E-state index in [-0.39, 0.29) is 5.56 Å². The molecule has 2 rings (SSSR count). The van der Waals surface area contributed by atoms with E-state index in [1.807, 2.05) is 6.07 Å². The lowest BCUT2D eigenvalue weighted by Gasteiger charge is -2.21. The molecule has 1 heterocycles. The maximum atomic E-state index is 10.7. The summed E-state index contributed by atoms with van der Waals surface area (Å²) in [7, 11) is 0. The number of carboxylic acid groups (broad SMARTS) is 1. The van der Waals surface area contributed by atoms with Crippen LogP contribution in [-0.4, -0.2) is 33.5 Å². The van der Waals surface area contributed by atoms with E-state index in [0.29, 0.717) is 0 Å². The van der Waals surface area contributed by atoms with Crippen LogP contribution in [0, 0.1) is 0 Å². The highest BCUT2D eigenvalue weighted by atomic mass is 16.4. The summed E-state index contributed by atoms with van der Waals surface area (Å²) in [6.45, 7) is 4.15. The van der Waals surface area contributed by atoms with Gasteiger partial charge in [-0.25, -0.2) is 4.79 Å². The Balaban J connectivity index is 1.95. The van der Waals surface area contributed by atoms with Gasteiger partial charge in [-0.05, 0) is 37.9 Å². The van der Waals surface area contributed by atoms with Gasteiger partial charge in [0.25, 0.3) is 0 Å². The Bertz CT molecular complexity index is 399. The molecule has 1 saturated carbocycles. The summed E-state index contributed by atoms with van der Waals surface area (Å²) < 4.78 is 0. The number of aromatic carboxylic acids is 1. The van der Waals surface area contributed by atoms with Crippen LogP contribution in [0.4, 0.5) is 0 Å². The zero-order valence-electron chi connectivity index (χ0n) is 10.8. The van der Waals surface area contributed by atoms with Crippen molar-refractivity contribution in [3.8, 4) is 0 Å². The molecule has 0 atom stereocenters. The molecule has 1 aromatic heterocycles. The second-order valence-corrected chi connectivity index (χ2v) is 4.90. The number of hydrogen-bond acceptors (Lipinski definition) is 3. The van der Waals surface area contributed by atoms with Crippen molar-refractivity contribution in [3.63, 3.8) is 0 Å². The molecule has 0 aliphatic heterocycles. The molecule has 1 aliphatic carbocycles. The Labute approximate surface area is 108 Å². The molecule has 1 fully saturated rings. The SMILES string of the molecule is CCCCN(Cc1ccc(C(=O)O)cn1)C1CC1. The molecular formula is C14H20N2O2. The maximum absolute atomic E-state index is 10.7. The molecule has 1 aliphatic rings. The number of carboxylic acids is 1. The molecule has 0 aromatic carbocycles. The summed E-state index contributed by atoms with van der Waals surface area (Å²) in [6.07, 6.45) is 6.44. The molecule has 0 saturated heterocycles. The van der Waals surface area contributed by atoms with Crippen molar-refractivity contribution >= 4 is 5.97 Å². The predicted octanol–water partition coefficient (Wildman–Crippen LogP) is 2.54. The lowest BCUT2D eigenvalue weighted by molar-refractivity contribution is 0.0696. The van der Waals surface area contributed by atoms with Crippen LogP contribution in [0.2, 0.25) is 0 Å². The largest absolute Gasteiger partial charge is 0.478 e. The Morgan fingerprint density at radius 3 is 2.78 bits per heavy atom. The smallest absolute Gasteiger partial charge is 0.337 e. The third-order valence-electron chi connectivity index (χ3n) is 3.30. The number of carbonyl (C=O) groups is 1. The fourth-order valence-electron chi connectivity index (χ4n) is 2.04. The molecule has 0 bridgehead atoms. The Kier molecular flexibility index (Phi) is 4.31. The highest BCUT2D eigenvalue weighted by Crippen LogP contribution is 2.28. The van der Waals surface area contributed by atoms with Crippen molar-refractivity contribution in [2.24, 2.45) is 0 Å². The third-order valence-corrected chi connectivity index (χ3v) is 3.30. The molecule has 0 spiro atoms. The minimum atomic E-state index is -0.918. The molecular weight excluding hydrogens is 228 g/mol. The van der Waals surface area contributed by atoms with E-state index in [1.165, 1.54) is 31.9 Å². The summed E-state index contributed by atoms with van der Waals surface area (Å²) in [5, 5.41) is 8.82. The van der Waals surface area contributed by atoms with Crippen molar-refractivity contribution in [3.05, 3.63) is 29.6 Å². The van der Waals surface area contributed by atoms with Gasteiger partial charge in [0.2, 0.25) is 0 Å². The van der Waals surface area contributed by atoms with Crippen LogP contribution in [-0.2, 0) is 6.54 Å². The summed E-state index contributed by atoms with van der Waals surface area (Å²) in [4.78, 5) is 17.4. The summed E-state index contributed by atoms with van der Waals surface area (Å²) in [5.41, 5.74) is 1.22. The first-order valence-electron chi connectivity index (χ1n) is 6.63. The molecule has 1 aromatic rings. The van der Waals surface area contributed by atoms with Crippen molar-refractivity contribution in [2.45, 2.75) is 45.2 Å². The highest BCUT2D eigenvalue weighted by Gasteiger charge is 2.28. The standard InChI is InChI=1S/C14H20N2O2/c1-2-3-8-16(13-6-7-13)10-12-5-4-11(9-15-12)14(17)18/h4-5,9,13H,2-3,6-8,10H2,1H3,(H,17,18). The van der Waals surface area contributed by atoms with Gasteiger partial charge in [0.1, 0.15) is 0 Å². The van der Waals surface area contributed by atoms with Crippen molar-refractivity contribution in [1.29, 1.82) is 0 Å². The lowest BCUT2D eigenvalue weighted by atomic mass is 10.2. The highest BCUT2D eigenvalue weighted by molar-refractivity contribution is 5.87. The Morgan fingerprint density at radius 1 is 1.50 bits per heavy atom. The molecule has 98 valence electrons. The van der Waals surface area contributed by atoms with Gasteiger partial charge >= 0.3 is 5.97 Å². The third kappa shape index (κ3) is 3.53. The van der Waals surface area contributed by atoms with Crippen LogP contribution >= 0.6 is 0 Å². The second-order valence-electron chi connectivity index (χ2n) is 4.90. The van der Waals surface area contributed by atoms with Gasteiger partial charge in [-0.15, -0.1) is 0 Å². The van der Waals surface area contributed by atoms with E-state index in [4.69, 9.17) is 5.11 Å². The molecule has 1 N–H and O–H groups in total. The first kappa shape index (κ1) is 13.0. The van der Waals surface area contributed by atoms with Gasteiger partial charge in [-0.1, -0.05) is 13.3 Å². The van der Waals surface area contributed by atoms with Gasteiger partial charge in [0.15, 0.2) is 0 Å². The van der Waals surface area contributed by atoms with Crippen LogP contribution in [0.3, 0.4) is 0 Å². The van der Waals surface area contributed by atoms with Crippen molar-refractivity contribution in [2.75, 3.05) is 6.54 Å². The average molecular weight is 248 g/mol. The normalized spacial score (nSPS) is 15.0. The van der Waals surface area contributed by atoms with Gasteiger partial charge in [0, 0.05) is 18.8 Å².